The van der Waals surface area contributed by atoms with E-state index in [0.29, 0.717) is 23.8 Å². The number of hydrogen-bond acceptors (Lipinski definition) is 4. The number of carbonyl (C=O) groups is 1. The highest BCUT2D eigenvalue weighted by Gasteiger charge is 2.26. The number of carbonyl (C=O) groups excluding carboxylic acids is 1. The van der Waals surface area contributed by atoms with E-state index in [0.717, 1.165) is 56.0 Å². The van der Waals surface area contributed by atoms with Crippen LogP contribution in [-0.4, -0.2) is 59.3 Å². The van der Waals surface area contributed by atoms with E-state index in [9.17, 15) is 4.79 Å². The molecular formula is C27H37Cl2N5O4. The Kier molecular flexibility index (Phi) is 11.5. The monoisotopic (exact) mass is 565 g/mol. The molecular weight excluding hydrogens is 529 g/mol. The molecule has 2 aliphatic heterocycles. The highest BCUT2D eigenvalue weighted by atomic mass is 35.5. The average Bonchev–Trinajstić information content (AvgIpc) is 2.88. The molecule has 1 unspecified atom stereocenters. The molecule has 9 nitrogen and oxygen atoms in total. The van der Waals surface area contributed by atoms with Crippen LogP contribution in [0.15, 0.2) is 42.5 Å². The molecule has 1 saturated heterocycles. The van der Waals surface area contributed by atoms with Crippen LogP contribution in [0.5, 0.6) is 11.5 Å². The predicted molar refractivity (Wildman–Crippen MR) is 137 cm³/mol. The summed E-state index contributed by atoms with van der Waals surface area (Å²) in [6.07, 6.45) is 1.91. The standard InChI is InChI=1S/C27H35N5O4.2ClH/c1-3-34-26(33)25(36-24-9-4-19-10-13-32(27(29)30)17-21(19)16-24)20-5-7-22(8-6-20)35-23-11-14-31(15-12-23)18(2)28;;/h4-9,16,23,25,28H,3,10-15,17H2,1-2H3,(H3,29,30);2*1H. The van der Waals surface area contributed by atoms with E-state index in [2.05, 4.69) is 4.58 Å². The quantitative estimate of drug-likeness (QED) is 0.176. The summed E-state index contributed by atoms with van der Waals surface area (Å²) in [5.74, 6) is 2.06. The Morgan fingerprint density at radius 1 is 0.947 bits per heavy atom. The Morgan fingerprint density at radius 3 is 2.21 bits per heavy atom. The van der Waals surface area contributed by atoms with E-state index in [1.54, 1.807) is 6.92 Å². The van der Waals surface area contributed by atoms with Crippen LogP contribution in [0.4, 0.5) is 0 Å². The molecule has 208 valence electrons. The first-order valence-electron chi connectivity index (χ1n) is 12.5. The minimum Gasteiger partial charge on any atom is -1.00 e. The number of hydrogen-bond donors (Lipinski definition) is 3. The van der Waals surface area contributed by atoms with Crippen molar-refractivity contribution < 1.29 is 53.0 Å². The summed E-state index contributed by atoms with van der Waals surface area (Å²) in [6, 6.07) is 13.3. The van der Waals surface area contributed by atoms with Crippen LogP contribution >= 0.6 is 0 Å². The van der Waals surface area contributed by atoms with E-state index >= 15 is 0 Å². The van der Waals surface area contributed by atoms with Crippen molar-refractivity contribution >= 4 is 17.8 Å². The number of benzene rings is 2. The highest BCUT2D eigenvalue weighted by molar-refractivity contribution is 5.77. The third kappa shape index (κ3) is 7.68. The molecule has 0 spiro atoms. The number of guanidine groups is 1. The van der Waals surface area contributed by atoms with Crippen LogP contribution < -0.4 is 51.5 Å². The second-order valence-corrected chi connectivity index (χ2v) is 9.29. The fourth-order valence-corrected chi connectivity index (χ4v) is 4.67. The molecule has 0 saturated carbocycles. The van der Waals surface area contributed by atoms with E-state index in [1.807, 2.05) is 54.0 Å². The molecule has 11 heteroatoms. The molecule has 4 rings (SSSR count). The Bertz CT molecular complexity index is 1150. The van der Waals surface area contributed by atoms with Crippen molar-refractivity contribution in [2.24, 2.45) is 17.2 Å². The zero-order chi connectivity index (χ0) is 25.7. The maximum atomic E-state index is 12.8. The average molecular weight is 567 g/mol. The first-order chi connectivity index (χ1) is 17.3. The Balaban J connectivity index is 0.00000253. The third-order valence-electron chi connectivity index (χ3n) is 6.74. The van der Waals surface area contributed by atoms with E-state index in [-0.39, 0.29) is 37.5 Å². The molecule has 0 aromatic heterocycles. The maximum absolute atomic E-state index is 12.8. The summed E-state index contributed by atoms with van der Waals surface area (Å²) in [5.41, 5.74) is 20.5. The SMILES string of the molecule is CCOC(=O)C(Oc1ccc2c(c1)C[N+](=C(N)N)CC2)c1ccc(OC2CC[N+](=C(C)N)CC2)cc1.[Cl-].[Cl-]. The summed E-state index contributed by atoms with van der Waals surface area (Å²) < 4.78 is 21.8. The van der Waals surface area contributed by atoms with E-state index in [1.165, 1.54) is 5.56 Å². The van der Waals surface area contributed by atoms with Crippen molar-refractivity contribution in [1.29, 1.82) is 0 Å². The van der Waals surface area contributed by atoms with E-state index in [4.69, 9.17) is 31.4 Å². The summed E-state index contributed by atoms with van der Waals surface area (Å²) in [4.78, 5) is 12.8. The molecule has 0 amide bonds. The molecule has 2 heterocycles. The van der Waals surface area contributed by atoms with Crippen molar-refractivity contribution in [2.45, 2.75) is 51.9 Å². The van der Waals surface area contributed by atoms with Crippen LogP contribution in [0.25, 0.3) is 0 Å². The minimum atomic E-state index is -0.894. The lowest BCUT2D eigenvalue weighted by atomic mass is 10.0. The largest absolute Gasteiger partial charge is 1.00 e. The number of piperidine rings is 1. The van der Waals surface area contributed by atoms with Crippen molar-refractivity contribution in [2.75, 3.05) is 26.2 Å². The predicted octanol–water partition coefficient (Wildman–Crippen LogP) is -4.35. The van der Waals surface area contributed by atoms with Gasteiger partial charge < -0.3 is 39.0 Å². The Hall–Kier alpha value is -3.17. The van der Waals surface area contributed by atoms with Crippen molar-refractivity contribution in [1.82, 2.24) is 0 Å². The number of rotatable bonds is 7. The molecule has 1 fully saturated rings. The smallest absolute Gasteiger partial charge is 0.352 e. The lowest BCUT2D eigenvalue weighted by Crippen LogP contribution is -3.00. The van der Waals surface area contributed by atoms with Gasteiger partial charge in [-0.3, -0.25) is 26.4 Å². The number of halogens is 2. The van der Waals surface area contributed by atoms with Crippen LogP contribution in [0.3, 0.4) is 0 Å². The van der Waals surface area contributed by atoms with Gasteiger partial charge in [0, 0.05) is 31.7 Å². The summed E-state index contributed by atoms with van der Waals surface area (Å²) in [6.45, 7) is 7.13. The van der Waals surface area contributed by atoms with Gasteiger partial charge in [0.2, 0.25) is 11.9 Å². The molecule has 2 aromatic rings. The fourth-order valence-electron chi connectivity index (χ4n) is 4.67. The van der Waals surface area contributed by atoms with Gasteiger partial charge in [-0.05, 0) is 42.3 Å². The van der Waals surface area contributed by atoms with Gasteiger partial charge in [-0.2, -0.15) is 0 Å². The van der Waals surface area contributed by atoms with Crippen LogP contribution in [0.1, 0.15) is 49.5 Å². The summed E-state index contributed by atoms with van der Waals surface area (Å²) in [7, 11) is 0. The van der Waals surface area contributed by atoms with Gasteiger partial charge in [-0.1, -0.05) is 18.2 Å². The van der Waals surface area contributed by atoms with E-state index < -0.39 is 12.1 Å². The van der Waals surface area contributed by atoms with Gasteiger partial charge in [-0.15, -0.1) is 0 Å². The van der Waals surface area contributed by atoms with Gasteiger partial charge in [-0.25, -0.2) is 4.79 Å². The fraction of sp³-hybridized carbons (Fsp3) is 0.444. The normalized spacial score (nSPS) is 17.2. The van der Waals surface area contributed by atoms with Gasteiger partial charge in [0.05, 0.1) is 32.8 Å². The van der Waals surface area contributed by atoms with Crippen molar-refractivity contribution in [3.05, 3.63) is 59.2 Å². The van der Waals surface area contributed by atoms with Gasteiger partial charge in [0.1, 0.15) is 17.6 Å². The molecule has 0 aliphatic carbocycles. The highest BCUT2D eigenvalue weighted by Crippen LogP contribution is 2.29. The number of nitrogens with two attached hydrogens (primary N) is 3. The molecule has 38 heavy (non-hydrogen) atoms. The second-order valence-electron chi connectivity index (χ2n) is 9.29. The molecule has 6 N–H and O–H groups in total. The van der Waals surface area contributed by atoms with Crippen LogP contribution in [0.2, 0.25) is 0 Å². The summed E-state index contributed by atoms with van der Waals surface area (Å²) >= 11 is 0. The molecule has 2 aliphatic rings. The number of amidine groups is 1. The topological polar surface area (TPSA) is 129 Å². The van der Waals surface area contributed by atoms with Crippen molar-refractivity contribution in [3.63, 3.8) is 0 Å². The zero-order valence-corrected chi connectivity index (χ0v) is 23.4. The number of esters is 1. The van der Waals surface area contributed by atoms with Crippen LogP contribution in [-0.2, 0) is 22.5 Å². The van der Waals surface area contributed by atoms with Crippen LogP contribution in [0, 0.1) is 0 Å². The number of ether oxygens (including phenoxy) is 3. The number of nitrogens with zero attached hydrogens (tertiary/aromatic N) is 2. The van der Waals surface area contributed by atoms with Gasteiger partial charge in [0.15, 0.2) is 0 Å². The van der Waals surface area contributed by atoms with Crippen molar-refractivity contribution in [3.8, 4) is 11.5 Å². The summed E-state index contributed by atoms with van der Waals surface area (Å²) in [5, 5.41) is 0. The molecule has 1 atom stereocenters. The Labute approximate surface area is 236 Å². The second kappa shape index (κ2) is 14.1. The lowest BCUT2D eigenvalue weighted by Gasteiger charge is -2.25. The molecule has 0 bridgehead atoms. The first-order valence-corrected chi connectivity index (χ1v) is 12.5. The number of fused-ring (bicyclic) bond motifs is 1. The van der Waals surface area contributed by atoms with Gasteiger partial charge in [0.25, 0.3) is 0 Å². The first kappa shape index (κ1) is 31.1. The minimum absolute atomic E-state index is 0. The lowest BCUT2D eigenvalue weighted by molar-refractivity contribution is -0.549. The zero-order valence-electron chi connectivity index (χ0n) is 21.9. The molecule has 2 aromatic carbocycles. The third-order valence-corrected chi connectivity index (χ3v) is 6.74. The molecule has 0 radical (unpaired) electrons. The van der Waals surface area contributed by atoms with Gasteiger partial charge >= 0.3 is 11.9 Å². The Morgan fingerprint density at radius 2 is 1.61 bits per heavy atom. The maximum Gasteiger partial charge on any atom is 0.352 e.